The summed E-state index contributed by atoms with van der Waals surface area (Å²) in [7, 11) is 0. The van der Waals surface area contributed by atoms with E-state index >= 15 is 0 Å². The van der Waals surface area contributed by atoms with E-state index in [1.807, 2.05) is 0 Å². The summed E-state index contributed by atoms with van der Waals surface area (Å²) in [5.41, 5.74) is 0.792. The molecule has 1 rings (SSSR count). The van der Waals surface area contributed by atoms with Gasteiger partial charge in [0, 0.05) is 25.2 Å². The summed E-state index contributed by atoms with van der Waals surface area (Å²) in [5.74, 6) is -0.898. The Morgan fingerprint density at radius 3 is 3.00 bits per heavy atom. The zero-order valence-electron chi connectivity index (χ0n) is 11.6. The molecule has 0 saturated carbocycles. The Bertz CT molecular complexity index is 523. The fraction of sp³-hybridized carbons (Fsp3) is 0.333. The second-order valence-electron chi connectivity index (χ2n) is 4.28. The summed E-state index contributed by atoms with van der Waals surface area (Å²) in [6, 6.07) is 4.43. The van der Waals surface area contributed by atoms with Crippen LogP contribution in [0.3, 0.4) is 0 Å². The Morgan fingerprint density at radius 2 is 2.38 bits per heavy atom. The van der Waals surface area contributed by atoms with Crippen LogP contribution < -0.4 is 5.32 Å². The maximum Gasteiger partial charge on any atom is 0.330 e. The molecule has 1 heterocycles. The molecule has 0 radical (unpaired) electrons. The van der Waals surface area contributed by atoms with E-state index in [0.717, 1.165) is 5.56 Å². The number of carbonyl (C=O) groups excluding carboxylic acids is 2. The lowest BCUT2D eigenvalue weighted by Crippen LogP contribution is -2.43. The van der Waals surface area contributed by atoms with Crippen LogP contribution in [0.1, 0.15) is 18.4 Å². The van der Waals surface area contributed by atoms with Gasteiger partial charge in [-0.1, -0.05) is 12.1 Å². The number of ether oxygens (including phenoxy) is 1. The Kier molecular flexibility index (Phi) is 7.22. The lowest BCUT2D eigenvalue weighted by Gasteiger charge is -2.16. The van der Waals surface area contributed by atoms with E-state index in [9.17, 15) is 9.59 Å². The van der Waals surface area contributed by atoms with E-state index in [-0.39, 0.29) is 25.4 Å². The highest BCUT2D eigenvalue weighted by Gasteiger charge is 2.22. The molecule has 110 valence electrons. The first kappa shape index (κ1) is 16.4. The highest BCUT2D eigenvalue weighted by Crippen LogP contribution is 2.04. The summed E-state index contributed by atoms with van der Waals surface area (Å²) >= 11 is 0. The number of nitrogens with one attached hydrogen (secondary N) is 1. The van der Waals surface area contributed by atoms with Crippen LogP contribution in [0.2, 0.25) is 0 Å². The van der Waals surface area contributed by atoms with Gasteiger partial charge in [-0.2, -0.15) is 5.26 Å². The lowest BCUT2D eigenvalue weighted by atomic mass is 10.1. The van der Waals surface area contributed by atoms with Crippen LogP contribution in [0.25, 0.3) is 0 Å². The zero-order valence-corrected chi connectivity index (χ0v) is 11.6. The van der Waals surface area contributed by atoms with E-state index in [1.165, 1.54) is 0 Å². The smallest absolute Gasteiger partial charge is 0.330 e. The number of hydrogen-bond acceptors (Lipinski definition) is 5. The van der Waals surface area contributed by atoms with Crippen molar-refractivity contribution in [2.45, 2.75) is 25.3 Å². The van der Waals surface area contributed by atoms with Crippen molar-refractivity contribution < 1.29 is 14.3 Å². The van der Waals surface area contributed by atoms with E-state index in [4.69, 9.17) is 10.00 Å². The second kappa shape index (κ2) is 9.26. The van der Waals surface area contributed by atoms with Gasteiger partial charge in [-0.25, -0.2) is 4.79 Å². The third-order valence-corrected chi connectivity index (χ3v) is 2.64. The molecular formula is C15H17N3O3. The molecule has 1 unspecified atom stereocenters. The van der Waals surface area contributed by atoms with Crippen LogP contribution in [-0.2, 0) is 20.7 Å². The number of allylic oxidation sites excluding steroid dienone is 1. The first-order chi connectivity index (χ1) is 10.2. The summed E-state index contributed by atoms with van der Waals surface area (Å²) in [6.45, 7) is 3.20. The maximum absolute atomic E-state index is 11.9. The number of hydrogen-bond donors (Lipinski definition) is 1. The lowest BCUT2D eigenvalue weighted by molar-refractivity contribution is -0.146. The van der Waals surface area contributed by atoms with Gasteiger partial charge in [-0.3, -0.25) is 9.78 Å². The molecular weight excluding hydrogens is 270 g/mol. The zero-order chi connectivity index (χ0) is 15.5. The van der Waals surface area contributed by atoms with E-state index in [1.54, 1.807) is 36.7 Å². The highest BCUT2D eigenvalue weighted by atomic mass is 16.5. The fourth-order valence-electron chi connectivity index (χ4n) is 1.65. The molecule has 0 bridgehead atoms. The number of nitriles is 1. The topological polar surface area (TPSA) is 92.1 Å². The van der Waals surface area contributed by atoms with Crippen molar-refractivity contribution in [3.63, 3.8) is 0 Å². The number of carbonyl (C=O) groups is 2. The highest BCUT2D eigenvalue weighted by molar-refractivity contribution is 5.84. The van der Waals surface area contributed by atoms with Gasteiger partial charge in [0.05, 0.1) is 0 Å². The first-order valence-electron chi connectivity index (χ1n) is 6.50. The second-order valence-corrected chi connectivity index (χ2v) is 4.28. The number of rotatable bonds is 8. The molecule has 0 spiro atoms. The molecule has 0 saturated heterocycles. The van der Waals surface area contributed by atoms with Crippen molar-refractivity contribution in [3.8, 4) is 6.07 Å². The molecule has 1 aromatic heterocycles. The van der Waals surface area contributed by atoms with Crippen molar-refractivity contribution in [1.82, 2.24) is 10.3 Å². The predicted molar refractivity (Wildman–Crippen MR) is 75.9 cm³/mol. The molecule has 6 heteroatoms. The third kappa shape index (κ3) is 6.34. The van der Waals surface area contributed by atoms with Crippen molar-refractivity contribution in [3.05, 3.63) is 42.7 Å². The standard InChI is InChI=1S/C15H17N3O3/c1-2-3-6-14(19)18-13(15(20)21-9-7-16)10-12-5-4-8-17-11-12/h2,4-5,8,11,13H,1,3,6,9-10H2,(H,18,19). The molecule has 0 aliphatic rings. The summed E-state index contributed by atoms with van der Waals surface area (Å²) in [4.78, 5) is 27.6. The molecule has 1 atom stereocenters. The largest absolute Gasteiger partial charge is 0.449 e. The van der Waals surface area contributed by atoms with Crippen molar-refractivity contribution in [2.24, 2.45) is 0 Å². The van der Waals surface area contributed by atoms with Crippen molar-refractivity contribution >= 4 is 11.9 Å². The van der Waals surface area contributed by atoms with Gasteiger partial charge in [-0.15, -0.1) is 6.58 Å². The Balaban J connectivity index is 2.69. The Morgan fingerprint density at radius 1 is 1.57 bits per heavy atom. The molecule has 1 N–H and O–H groups in total. The monoisotopic (exact) mass is 287 g/mol. The van der Waals surface area contributed by atoms with Crippen LogP contribution in [0.5, 0.6) is 0 Å². The molecule has 1 aromatic rings. The molecule has 0 fully saturated rings. The number of pyridine rings is 1. The minimum atomic E-state index is -0.833. The average molecular weight is 287 g/mol. The molecule has 0 aliphatic heterocycles. The van der Waals surface area contributed by atoms with Crippen LogP contribution in [0, 0.1) is 11.3 Å². The van der Waals surface area contributed by atoms with E-state index < -0.39 is 12.0 Å². The van der Waals surface area contributed by atoms with Gasteiger partial charge >= 0.3 is 5.97 Å². The normalized spacial score (nSPS) is 11.0. The summed E-state index contributed by atoms with van der Waals surface area (Å²) < 4.78 is 4.78. The minimum absolute atomic E-state index is 0.249. The summed E-state index contributed by atoms with van der Waals surface area (Å²) in [6.07, 6.45) is 5.90. The Hall–Kier alpha value is -2.68. The van der Waals surface area contributed by atoms with Crippen molar-refractivity contribution in [1.29, 1.82) is 5.26 Å². The van der Waals surface area contributed by atoms with Crippen LogP contribution in [0.15, 0.2) is 37.2 Å². The van der Waals surface area contributed by atoms with E-state index in [0.29, 0.717) is 6.42 Å². The van der Waals surface area contributed by atoms with Gasteiger partial charge in [0.2, 0.25) is 5.91 Å². The number of esters is 1. The van der Waals surface area contributed by atoms with Crippen LogP contribution in [-0.4, -0.2) is 29.5 Å². The fourth-order valence-corrected chi connectivity index (χ4v) is 1.65. The molecule has 0 aliphatic carbocycles. The molecule has 21 heavy (non-hydrogen) atoms. The van der Waals surface area contributed by atoms with Gasteiger partial charge in [0.1, 0.15) is 12.1 Å². The number of aromatic nitrogens is 1. The van der Waals surface area contributed by atoms with E-state index in [2.05, 4.69) is 16.9 Å². The van der Waals surface area contributed by atoms with Gasteiger partial charge < -0.3 is 10.1 Å². The third-order valence-electron chi connectivity index (χ3n) is 2.64. The predicted octanol–water partition coefficient (Wildman–Crippen LogP) is 1.14. The summed E-state index contributed by atoms with van der Waals surface area (Å²) in [5, 5.41) is 11.1. The van der Waals surface area contributed by atoms with Gasteiger partial charge in [-0.05, 0) is 18.1 Å². The first-order valence-corrected chi connectivity index (χ1v) is 6.50. The van der Waals surface area contributed by atoms with Crippen LogP contribution >= 0.6 is 0 Å². The number of amides is 1. The molecule has 6 nitrogen and oxygen atoms in total. The Labute approximate surface area is 123 Å². The number of nitrogens with zero attached hydrogens (tertiary/aromatic N) is 2. The van der Waals surface area contributed by atoms with Gasteiger partial charge in [0.15, 0.2) is 6.61 Å². The maximum atomic E-state index is 11.9. The quantitative estimate of drug-likeness (QED) is 0.572. The van der Waals surface area contributed by atoms with Gasteiger partial charge in [0.25, 0.3) is 0 Å². The average Bonchev–Trinajstić information content (AvgIpc) is 2.51. The SMILES string of the molecule is C=CCCC(=O)NC(Cc1cccnc1)C(=O)OCC#N. The van der Waals surface area contributed by atoms with Crippen LogP contribution in [0.4, 0.5) is 0 Å². The molecule has 0 aromatic carbocycles. The van der Waals surface area contributed by atoms with Crippen molar-refractivity contribution in [2.75, 3.05) is 6.61 Å². The molecule has 1 amide bonds. The minimum Gasteiger partial charge on any atom is -0.449 e.